The van der Waals surface area contributed by atoms with Gasteiger partial charge in [0.05, 0.1) is 22.8 Å². The van der Waals surface area contributed by atoms with E-state index in [1.807, 2.05) is 37.3 Å². The first kappa shape index (κ1) is 26.9. The van der Waals surface area contributed by atoms with Crippen LogP contribution in [0.2, 0.25) is 10.0 Å². The molecule has 9 heteroatoms. The Morgan fingerprint density at radius 1 is 1.03 bits per heavy atom. The number of benzene rings is 3. The lowest BCUT2D eigenvalue weighted by Gasteiger charge is -2.26. The van der Waals surface area contributed by atoms with Crippen molar-refractivity contribution in [3.05, 3.63) is 87.9 Å². The highest BCUT2D eigenvalue weighted by Crippen LogP contribution is 2.33. The van der Waals surface area contributed by atoms with Crippen molar-refractivity contribution in [3.8, 4) is 5.75 Å². The molecular formula is C26H28Cl2N2O4S. The highest BCUT2D eigenvalue weighted by Gasteiger charge is 2.31. The Kier molecular flexibility index (Phi) is 9.05. The number of ether oxygens (including phenoxy) is 1. The van der Waals surface area contributed by atoms with Gasteiger partial charge in [0, 0.05) is 6.04 Å². The molecule has 186 valence electrons. The summed E-state index contributed by atoms with van der Waals surface area (Å²) in [4.78, 5) is 12.9. The third-order valence-corrected chi connectivity index (χ3v) is 8.02. The first-order valence-corrected chi connectivity index (χ1v) is 13.3. The first-order valence-electron chi connectivity index (χ1n) is 11.1. The molecule has 0 spiro atoms. The summed E-state index contributed by atoms with van der Waals surface area (Å²) in [5, 5.41) is 3.36. The lowest BCUT2D eigenvalue weighted by Crippen LogP contribution is -2.43. The van der Waals surface area contributed by atoms with Crippen molar-refractivity contribution in [3.63, 3.8) is 0 Å². The van der Waals surface area contributed by atoms with E-state index in [4.69, 9.17) is 27.9 Å². The normalized spacial score (nSPS) is 12.1. The van der Waals surface area contributed by atoms with Crippen LogP contribution in [-0.4, -0.2) is 34.0 Å². The second kappa shape index (κ2) is 11.8. The number of amides is 1. The summed E-state index contributed by atoms with van der Waals surface area (Å²) in [6.45, 7) is 3.23. The van der Waals surface area contributed by atoms with Crippen molar-refractivity contribution >= 4 is 44.8 Å². The summed E-state index contributed by atoms with van der Waals surface area (Å²) < 4.78 is 33.9. The Labute approximate surface area is 216 Å². The molecule has 3 rings (SSSR count). The van der Waals surface area contributed by atoms with Crippen molar-refractivity contribution in [1.29, 1.82) is 0 Å². The van der Waals surface area contributed by atoms with Crippen LogP contribution in [-0.2, 0) is 21.2 Å². The maximum absolute atomic E-state index is 13.8. The number of methoxy groups -OCH3 is 1. The van der Waals surface area contributed by atoms with Crippen molar-refractivity contribution in [2.45, 2.75) is 37.6 Å². The monoisotopic (exact) mass is 534 g/mol. The summed E-state index contributed by atoms with van der Waals surface area (Å²) in [6.07, 6.45) is 1.50. The highest BCUT2D eigenvalue weighted by atomic mass is 35.5. The zero-order chi connectivity index (χ0) is 25.6. The third-order valence-electron chi connectivity index (χ3n) is 5.48. The number of rotatable bonds is 10. The summed E-state index contributed by atoms with van der Waals surface area (Å²) in [5.41, 5.74) is 2.12. The van der Waals surface area contributed by atoms with Gasteiger partial charge in [-0.05, 0) is 68.1 Å². The van der Waals surface area contributed by atoms with Gasteiger partial charge in [0.1, 0.15) is 17.2 Å². The molecule has 0 saturated heterocycles. The number of hydrogen-bond donors (Lipinski definition) is 1. The zero-order valence-electron chi connectivity index (χ0n) is 19.8. The number of sulfonamides is 1. The van der Waals surface area contributed by atoms with Crippen LogP contribution in [0.15, 0.2) is 71.6 Å². The average Bonchev–Trinajstić information content (AvgIpc) is 2.83. The minimum Gasteiger partial charge on any atom is -0.495 e. The fourth-order valence-corrected chi connectivity index (χ4v) is 5.56. The smallest absolute Gasteiger partial charge is 0.268 e. The van der Waals surface area contributed by atoms with Gasteiger partial charge in [0.15, 0.2) is 0 Å². The molecular weight excluding hydrogens is 507 g/mol. The Morgan fingerprint density at radius 3 is 2.40 bits per heavy atom. The van der Waals surface area contributed by atoms with Gasteiger partial charge < -0.3 is 10.1 Å². The van der Waals surface area contributed by atoms with Crippen molar-refractivity contribution in [1.82, 2.24) is 5.32 Å². The molecule has 1 atom stereocenters. The van der Waals surface area contributed by atoms with Gasteiger partial charge in [-0.25, -0.2) is 8.42 Å². The fourth-order valence-electron chi connectivity index (χ4n) is 3.61. The zero-order valence-corrected chi connectivity index (χ0v) is 22.1. The quantitative estimate of drug-likeness (QED) is 0.365. The van der Waals surface area contributed by atoms with Crippen molar-refractivity contribution < 1.29 is 17.9 Å². The van der Waals surface area contributed by atoms with Crippen LogP contribution in [0.25, 0.3) is 0 Å². The van der Waals surface area contributed by atoms with Crippen LogP contribution < -0.4 is 14.4 Å². The molecule has 0 aliphatic heterocycles. The molecule has 0 radical (unpaired) electrons. The van der Waals surface area contributed by atoms with E-state index < -0.39 is 22.5 Å². The second-order valence-electron chi connectivity index (χ2n) is 8.26. The van der Waals surface area contributed by atoms with Gasteiger partial charge >= 0.3 is 0 Å². The average molecular weight is 535 g/mol. The number of nitrogens with one attached hydrogen (secondary N) is 1. The lowest BCUT2D eigenvalue weighted by atomic mass is 10.1. The van der Waals surface area contributed by atoms with E-state index in [2.05, 4.69) is 5.32 Å². The van der Waals surface area contributed by atoms with Crippen molar-refractivity contribution in [2.24, 2.45) is 0 Å². The molecule has 0 unspecified atom stereocenters. The molecule has 35 heavy (non-hydrogen) atoms. The molecule has 3 aromatic rings. The molecule has 0 aliphatic rings. The van der Waals surface area contributed by atoms with E-state index in [1.165, 1.54) is 36.9 Å². The number of halogens is 2. The number of carbonyl (C=O) groups excluding carboxylic acids is 1. The fraction of sp³-hybridized carbons (Fsp3) is 0.269. The Hall–Kier alpha value is -2.74. The number of hydrogen-bond acceptors (Lipinski definition) is 4. The number of nitrogens with zero attached hydrogens (tertiary/aromatic N) is 1. The molecule has 0 bridgehead atoms. The Morgan fingerprint density at radius 2 is 1.74 bits per heavy atom. The lowest BCUT2D eigenvalue weighted by molar-refractivity contribution is -0.120. The van der Waals surface area contributed by atoms with Gasteiger partial charge in [-0.1, -0.05) is 59.6 Å². The van der Waals surface area contributed by atoms with Gasteiger partial charge in [-0.2, -0.15) is 0 Å². The van der Waals surface area contributed by atoms with Gasteiger partial charge in [0.25, 0.3) is 10.0 Å². The molecule has 6 nitrogen and oxygen atoms in total. The summed E-state index contributed by atoms with van der Waals surface area (Å²) in [5.74, 6) is -0.260. The van der Waals surface area contributed by atoms with Crippen LogP contribution >= 0.6 is 23.2 Å². The molecule has 0 saturated carbocycles. The van der Waals surface area contributed by atoms with Crippen LogP contribution in [0.1, 0.15) is 24.5 Å². The SMILES string of the molecule is COc1ccc(C)cc1S(=O)(=O)N(CC(=O)N[C@H](C)CCc1ccccc1)c1ccc(Cl)c(Cl)c1. The highest BCUT2D eigenvalue weighted by molar-refractivity contribution is 7.93. The molecule has 3 aromatic carbocycles. The minimum absolute atomic E-state index is 0.0454. The van der Waals surface area contributed by atoms with Crippen LogP contribution in [0, 0.1) is 6.92 Å². The number of carbonyl (C=O) groups is 1. The van der Waals surface area contributed by atoms with Crippen molar-refractivity contribution in [2.75, 3.05) is 18.0 Å². The molecule has 0 aromatic heterocycles. The van der Waals surface area contributed by atoms with Crippen LogP contribution in [0.5, 0.6) is 5.75 Å². The van der Waals surface area contributed by atoms with Gasteiger partial charge in [-0.15, -0.1) is 0 Å². The summed E-state index contributed by atoms with van der Waals surface area (Å²) in [7, 11) is -2.79. The largest absolute Gasteiger partial charge is 0.495 e. The third kappa shape index (κ3) is 6.90. The van der Waals surface area contributed by atoms with E-state index in [-0.39, 0.29) is 32.4 Å². The first-order chi connectivity index (χ1) is 16.6. The topological polar surface area (TPSA) is 75.7 Å². The molecule has 1 N–H and O–H groups in total. The number of aryl methyl sites for hydroxylation is 2. The standard InChI is InChI=1S/C26H28Cl2N2O4S/c1-18-9-14-24(34-3)25(15-18)35(32,33)30(21-12-13-22(27)23(28)16-21)17-26(31)29-19(2)10-11-20-7-5-4-6-8-20/h4-9,12-16,19H,10-11,17H2,1-3H3,(H,29,31)/t19-/m1/s1. The van der Waals surface area contributed by atoms with Gasteiger partial charge in [-0.3, -0.25) is 9.10 Å². The van der Waals surface area contributed by atoms with E-state index in [1.54, 1.807) is 19.1 Å². The van der Waals surface area contributed by atoms with E-state index in [0.717, 1.165) is 16.3 Å². The predicted octanol–water partition coefficient (Wildman–Crippen LogP) is 5.64. The number of anilines is 1. The molecule has 0 heterocycles. The Bertz CT molecular complexity index is 1280. The molecule has 1 amide bonds. The molecule has 0 aliphatic carbocycles. The summed E-state index contributed by atoms with van der Waals surface area (Å²) in [6, 6.07) is 19.1. The van der Waals surface area contributed by atoms with Gasteiger partial charge in [0.2, 0.25) is 5.91 Å². The predicted molar refractivity (Wildman–Crippen MR) is 141 cm³/mol. The molecule has 0 fully saturated rings. The minimum atomic E-state index is -4.19. The van der Waals surface area contributed by atoms with Crippen LogP contribution in [0.4, 0.5) is 5.69 Å². The van der Waals surface area contributed by atoms with Crippen LogP contribution in [0.3, 0.4) is 0 Å². The summed E-state index contributed by atoms with van der Waals surface area (Å²) >= 11 is 12.2. The Balaban J connectivity index is 1.87. The van der Waals surface area contributed by atoms with E-state index in [9.17, 15) is 13.2 Å². The van der Waals surface area contributed by atoms with E-state index >= 15 is 0 Å². The van der Waals surface area contributed by atoms with E-state index in [0.29, 0.717) is 6.42 Å². The maximum atomic E-state index is 13.8. The maximum Gasteiger partial charge on any atom is 0.268 e. The second-order valence-corrected chi connectivity index (χ2v) is 10.9.